The maximum atomic E-state index is 13.0. The summed E-state index contributed by atoms with van der Waals surface area (Å²) in [7, 11) is 0. The maximum Gasteiger partial charge on any atom is 0.325 e. The van der Waals surface area contributed by atoms with E-state index in [0.717, 1.165) is 24.4 Å². The van der Waals surface area contributed by atoms with Crippen molar-refractivity contribution in [1.82, 2.24) is 10.7 Å². The Morgan fingerprint density at radius 3 is 2.69 bits per heavy atom. The number of nitrogens with one attached hydrogen (secondary N) is 2. The van der Waals surface area contributed by atoms with Crippen molar-refractivity contribution in [3.63, 3.8) is 0 Å². The lowest BCUT2D eigenvalue weighted by Gasteiger charge is -2.04. The number of phenols is 1. The van der Waals surface area contributed by atoms with E-state index < -0.39 is 29.1 Å². The minimum atomic E-state index is -0.685. The third-order valence-corrected chi connectivity index (χ3v) is 3.11. The van der Waals surface area contributed by atoms with Crippen LogP contribution >= 0.6 is 0 Å². The molecule has 10 heteroatoms. The van der Waals surface area contributed by atoms with Crippen LogP contribution in [0.5, 0.6) is 5.75 Å². The zero-order chi connectivity index (χ0) is 19.1. The number of hydrogen-bond donors (Lipinski definition) is 4. The summed E-state index contributed by atoms with van der Waals surface area (Å²) in [6.07, 6.45) is 1.03. The summed E-state index contributed by atoms with van der Waals surface area (Å²) < 4.78 is 13.0. The van der Waals surface area contributed by atoms with Crippen LogP contribution < -0.4 is 10.7 Å². The van der Waals surface area contributed by atoms with Gasteiger partial charge in [-0.2, -0.15) is 5.10 Å². The number of halogens is 1. The standard InChI is InChI=1S/C16H13FN4O5/c17-12-3-1-2-10(6-12)16(24)18-9-15(23)20-19-8-11-7-13(22)4-5-14(11)21(25)26/h1-8H,9H2,(H3-,18,20,22,23,24,25,26)/p+1/b19-8+. The number of hydrogen-bond acceptors (Lipinski definition) is 5. The summed E-state index contributed by atoms with van der Waals surface area (Å²) in [6, 6.07) is 8.46. The Labute approximate surface area is 146 Å². The molecule has 0 heterocycles. The van der Waals surface area contributed by atoms with Crippen LogP contribution in [0.15, 0.2) is 47.6 Å². The normalized spacial score (nSPS) is 10.5. The Morgan fingerprint density at radius 2 is 2.00 bits per heavy atom. The third kappa shape index (κ3) is 5.09. The van der Waals surface area contributed by atoms with Gasteiger partial charge in [0.2, 0.25) is 0 Å². The molecule has 0 spiro atoms. The van der Waals surface area contributed by atoms with Gasteiger partial charge in [0.15, 0.2) is 0 Å². The highest BCUT2D eigenvalue weighted by Crippen LogP contribution is 2.20. The smallest absolute Gasteiger partial charge is 0.325 e. The van der Waals surface area contributed by atoms with Gasteiger partial charge in [-0.05, 0) is 30.3 Å². The first-order valence-corrected chi connectivity index (χ1v) is 7.21. The number of aromatic hydroxyl groups is 1. The lowest BCUT2D eigenvalue weighted by atomic mass is 10.2. The Balaban J connectivity index is 1.91. The van der Waals surface area contributed by atoms with E-state index in [1.807, 2.05) is 0 Å². The summed E-state index contributed by atoms with van der Waals surface area (Å²) in [5.74, 6) is -2.08. The van der Waals surface area contributed by atoms with Crippen LogP contribution in [-0.2, 0) is 4.79 Å². The van der Waals surface area contributed by atoms with E-state index in [1.54, 1.807) is 0 Å². The largest absolute Gasteiger partial charge is 0.508 e. The fraction of sp³-hybridized carbons (Fsp3) is 0.0625. The zero-order valence-electron chi connectivity index (χ0n) is 13.2. The van der Waals surface area contributed by atoms with Gasteiger partial charge in [-0.15, -0.1) is 0 Å². The number of carbonyl (C=O) groups excluding carboxylic acids is 2. The van der Waals surface area contributed by atoms with E-state index in [-0.39, 0.29) is 22.6 Å². The molecule has 0 unspecified atom stereocenters. The quantitative estimate of drug-likeness (QED) is 0.454. The SMILES string of the molecule is O=C(CNC(=O)c1cccc(F)c1)N/N=C/c1cc(O)ccc1[N+](=O)O. The van der Waals surface area contributed by atoms with Crippen LogP contribution in [-0.4, -0.2) is 39.8 Å². The van der Waals surface area contributed by atoms with Crippen LogP contribution in [0, 0.1) is 10.7 Å². The van der Waals surface area contributed by atoms with Crippen LogP contribution in [0.3, 0.4) is 0 Å². The third-order valence-electron chi connectivity index (χ3n) is 3.11. The molecule has 0 aromatic heterocycles. The van der Waals surface area contributed by atoms with Gasteiger partial charge in [0, 0.05) is 11.6 Å². The summed E-state index contributed by atoms with van der Waals surface area (Å²) in [4.78, 5) is 34.0. The number of hydrazone groups is 1. The molecule has 0 fully saturated rings. The van der Waals surface area contributed by atoms with E-state index in [9.17, 15) is 24.0 Å². The van der Waals surface area contributed by atoms with E-state index in [0.29, 0.717) is 0 Å². The summed E-state index contributed by atoms with van der Waals surface area (Å²) >= 11 is 0. The molecule has 9 nitrogen and oxygen atoms in total. The van der Waals surface area contributed by atoms with E-state index >= 15 is 0 Å². The lowest BCUT2D eigenvalue weighted by molar-refractivity contribution is -0.729. The highest BCUT2D eigenvalue weighted by molar-refractivity contribution is 5.96. The number of carbonyl (C=O) groups is 2. The number of rotatable bonds is 6. The Morgan fingerprint density at radius 1 is 1.23 bits per heavy atom. The maximum absolute atomic E-state index is 13.0. The predicted molar refractivity (Wildman–Crippen MR) is 87.7 cm³/mol. The van der Waals surface area contributed by atoms with Gasteiger partial charge in [-0.1, -0.05) is 6.07 Å². The number of nitrogens with zero attached hydrogens (tertiary/aromatic N) is 2. The molecule has 0 saturated heterocycles. The first-order chi connectivity index (χ1) is 12.4. The second-order valence-electron chi connectivity index (χ2n) is 5.00. The summed E-state index contributed by atoms with van der Waals surface area (Å²) in [5, 5.41) is 24.2. The average molecular weight is 361 g/mol. The van der Waals surface area contributed by atoms with E-state index in [4.69, 9.17) is 5.21 Å². The molecule has 2 aromatic carbocycles. The fourth-order valence-electron chi connectivity index (χ4n) is 1.93. The van der Waals surface area contributed by atoms with Gasteiger partial charge >= 0.3 is 5.69 Å². The molecule has 0 atom stereocenters. The van der Waals surface area contributed by atoms with Crippen molar-refractivity contribution in [3.05, 3.63) is 64.3 Å². The van der Waals surface area contributed by atoms with Crippen molar-refractivity contribution in [2.45, 2.75) is 0 Å². The Hall–Kier alpha value is -3.82. The van der Waals surface area contributed by atoms with Gasteiger partial charge in [0.25, 0.3) is 16.7 Å². The molecule has 4 N–H and O–H groups in total. The van der Waals surface area contributed by atoms with Crippen LogP contribution in [0.1, 0.15) is 15.9 Å². The number of amides is 2. The van der Waals surface area contributed by atoms with Crippen molar-refractivity contribution >= 4 is 23.7 Å². The molecule has 0 aliphatic carbocycles. The zero-order valence-corrected chi connectivity index (χ0v) is 13.2. The first-order valence-electron chi connectivity index (χ1n) is 7.21. The van der Waals surface area contributed by atoms with Gasteiger partial charge in [0.05, 0.1) is 23.2 Å². The van der Waals surface area contributed by atoms with Gasteiger partial charge in [-0.3, -0.25) is 9.59 Å². The molecule has 0 bridgehead atoms. The van der Waals surface area contributed by atoms with E-state index in [1.165, 1.54) is 24.3 Å². The Kier molecular flexibility index (Phi) is 5.93. The molecular formula is C16H14FN4O5+. The molecule has 0 aliphatic heterocycles. The van der Waals surface area contributed by atoms with Crippen molar-refractivity contribution in [2.24, 2.45) is 5.10 Å². The molecule has 2 rings (SSSR count). The molecule has 134 valence electrons. The van der Waals surface area contributed by atoms with E-state index in [2.05, 4.69) is 15.8 Å². The number of benzene rings is 2. The number of phenolic OH excluding ortho intramolecular Hbond substituents is 1. The molecular weight excluding hydrogens is 347 g/mol. The minimum absolute atomic E-state index is 0.0478. The van der Waals surface area contributed by atoms with Crippen molar-refractivity contribution in [2.75, 3.05) is 6.54 Å². The second kappa shape index (κ2) is 8.33. The molecule has 0 aliphatic rings. The van der Waals surface area contributed by atoms with Crippen molar-refractivity contribution in [3.8, 4) is 5.75 Å². The van der Waals surface area contributed by atoms with Gasteiger partial charge in [0.1, 0.15) is 11.6 Å². The summed E-state index contributed by atoms with van der Waals surface area (Å²) in [5.41, 5.74) is 2.01. The van der Waals surface area contributed by atoms with Gasteiger partial charge < -0.3 is 10.4 Å². The van der Waals surface area contributed by atoms with Crippen molar-refractivity contribution < 1.29 is 29.2 Å². The minimum Gasteiger partial charge on any atom is -0.508 e. The van der Waals surface area contributed by atoms with Crippen LogP contribution in [0.4, 0.5) is 10.1 Å². The average Bonchev–Trinajstić information content (AvgIpc) is 2.59. The highest BCUT2D eigenvalue weighted by atomic mass is 19.1. The predicted octanol–water partition coefficient (Wildman–Crippen LogP) is 1.21. The molecule has 0 radical (unpaired) electrons. The topological polar surface area (TPSA) is 131 Å². The van der Waals surface area contributed by atoms with Crippen molar-refractivity contribution in [1.29, 1.82) is 0 Å². The second-order valence-corrected chi connectivity index (χ2v) is 5.00. The highest BCUT2D eigenvalue weighted by Gasteiger charge is 2.17. The summed E-state index contributed by atoms with van der Waals surface area (Å²) in [6.45, 7) is -0.423. The van der Waals surface area contributed by atoms with Crippen LogP contribution in [0.2, 0.25) is 0 Å². The Bertz CT molecular complexity index is 885. The van der Waals surface area contributed by atoms with Crippen LogP contribution in [0.25, 0.3) is 0 Å². The fourth-order valence-corrected chi connectivity index (χ4v) is 1.93. The molecule has 0 saturated carbocycles. The molecule has 2 aromatic rings. The molecule has 26 heavy (non-hydrogen) atoms. The first kappa shape index (κ1) is 18.5. The molecule has 2 amide bonds. The lowest BCUT2D eigenvalue weighted by Crippen LogP contribution is -2.34. The monoisotopic (exact) mass is 361 g/mol. The van der Waals surface area contributed by atoms with Gasteiger partial charge in [-0.25, -0.2) is 15.0 Å².